The van der Waals surface area contributed by atoms with Crippen molar-refractivity contribution in [3.8, 4) is 0 Å². The Hall–Kier alpha value is -1.35. The molecule has 1 aliphatic rings. The summed E-state index contributed by atoms with van der Waals surface area (Å²) >= 11 is 0. The highest BCUT2D eigenvalue weighted by Crippen LogP contribution is 2.22. The molecule has 0 aromatic heterocycles. The number of carboxylic acid groups (broad SMARTS) is 1. The van der Waals surface area contributed by atoms with Crippen LogP contribution in [0.5, 0.6) is 0 Å². The fourth-order valence-electron chi connectivity index (χ4n) is 2.75. The highest BCUT2D eigenvalue weighted by atomic mass is 16.4. The average Bonchev–Trinajstić information content (AvgIpc) is 2.77. The number of aliphatic carboxylic acids is 1. The quantitative estimate of drug-likeness (QED) is 0.869. The molecule has 0 aliphatic carbocycles. The van der Waals surface area contributed by atoms with E-state index in [1.807, 2.05) is 0 Å². The van der Waals surface area contributed by atoms with Gasteiger partial charge in [0.15, 0.2) is 0 Å². The predicted octanol–water partition coefficient (Wildman–Crippen LogP) is 2.48. The van der Waals surface area contributed by atoms with Crippen LogP contribution in [0.25, 0.3) is 0 Å². The topological polar surface area (TPSA) is 40.5 Å². The zero-order valence-corrected chi connectivity index (χ0v) is 10.9. The van der Waals surface area contributed by atoms with Gasteiger partial charge in [-0.25, -0.2) is 0 Å². The van der Waals surface area contributed by atoms with Crippen LogP contribution in [0.15, 0.2) is 24.3 Å². The molecule has 98 valence electrons. The molecule has 1 aromatic carbocycles. The van der Waals surface area contributed by atoms with Crippen molar-refractivity contribution in [2.24, 2.45) is 0 Å². The van der Waals surface area contributed by atoms with Gasteiger partial charge in [0.25, 0.3) is 0 Å². The maximum atomic E-state index is 10.6. The van der Waals surface area contributed by atoms with Crippen LogP contribution < -0.4 is 0 Å². The lowest BCUT2D eigenvalue weighted by Gasteiger charge is -2.24. The highest BCUT2D eigenvalue weighted by Gasteiger charge is 2.25. The van der Waals surface area contributed by atoms with Crippen LogP contribution in [-0.4, -0.2) is 35.1 Å². The number of benzene rings is 1. The zero-order chi connectivity index (χ0) is 13.0. The second-order valence-corrected chi connectivity index (χ2v) is 5.11. The summed E-state index contributed by atoms with van der Waals surface area (Å²) in [4.78, 5) is 13.0. The Balaban J connectivity index is 1.95. The average molecular weight is 247 g/mol. The lowest BCUT2D eigenvalue weighted by atomic mass is 10.00. The lowest BCUT2D eigenvalue weighted by Crippen LogP contribution is -2.33. The summed E-state index contributed by atoms with van der Waals surface area (Å²) in [5, 5.41) is 8.77. The Morgan fingerprint density at radius 3 is 2.94 bits per heavy atom. The minimum Gasteiger partial charge on any atom is -0.481 e. The third-order valence-corrected chi connectivity index (χ3v) is 3.83. The minimum absolute atomic E-state index is 0.254. The van der Waals surface area contributed by atoms with Gasteiger partial charge in [0, 0.05) is 12.6 Å². The summed E-state index contributed by atoms with van der Waals surface area (Å²) in [5.41, 5.74) is 2.73. The molecule has 0 radical (unpaired) electrons. The van der Waals surface area contributed by atoms with Gasteiger partial charge in [0.1, 0.15) is 0 Å². The van der Waals surface area contributed by atoms with E-state index >= 15 is 0 Å². The molecule has 0 amide bonds. The van der Waals surface area contributed by atoms with Crippen molar-refractivity contribution in [3.05, 3.63) is 35.4 Å². The van der Waals surface area contributed by atoms with E-state index in [1.54, 1.807) is 0 Å². The monoisotopic (exact) mass is 247 g/mol. The van der Waals surface area contributed by atoms with Gasteiger partial charge in [0.2, 0.25) is 0 Å². The van der Waals surface area contributed by atoms with Gasteiger partial charge < -0.3 is 5.11 Å². The van der Waals surface area contributed by atoms with Gasteiger partial charge in [-0.15, -0.1) is 0 Å². The van der Waals surface area contributed by atoms with E-state index in [4.69, 9.17) is 5.11 Å². The second kappa shape index (κ2) is 6.01. The fourth-order valence-corrected chi connectivity index (χ4v) is 2.75. The van der Waals surface area contributed by atoms with Crippen LogP contribution in [0.1, 0.15) is 30.4 Å². The van der Waals surface area contributed by atoms with Crippen molar-refractivity contribution in [2.45, 2.75) is 38.6 Å². The third kappa shape index (κ3) is 3.33. The van der Waals surface area contributed by atoms with Gasteiger partial charge >= 0.3 is 5.97 Å². The van der Waals surface area contributed by atoms with Crippen molar-refractivity contribution < 1.29 is 9.90 Å². The number of likely N-dealkylation sites (tertiary alicyclic amines) is 1. The molecule has 0 bridgehead atoms. The third-order valence-electron chi connectivity index (χ3n) is 3.83. The van der Waals surface area contributed by atoms with Crippen LogP contribution in [0.3, 0.4) is 0 Å². The highest BCUT2D eigenvalue weighted by molar-refractivity contribution is 5.66. The number of carboxylic acids is 1. The normalized spacial score (nSPS) is 20.2. The molecule has 1 saturated heterocycles. The number of nitrogens with zero attached hydrogens (tertiary/aromatic N) is 1. The minimum atomic E-state index is -0.698. The van der Waals surface area contributed by atoms with Crippen LogP contribution in [0.4, 0.5) is 0 Å². The van der Waals surface area contributed by atoms with E-state index in [0.717, 1.165) is 13.0 Å². The van der Waals surface area contributed by atoms with Crippen molar-refractivity contribution in [1.82, 2.24) is 4.90 Å². The molecule has 1 heterocycles. The van der Waals surface area contributed by atoms with Crippen LogP contribution in [0.2, 0.25) is 0 Å². The molecule has 0 saturated carbocycles. The van der Waals surface area contributed by atoms with Gasteiger partial charge in [0.05, 0.1) is 6.42 Å². The molecule has 18 heavy (non-hydrogen) atoms. The first-order valence-electron chi connectivity index (χ1n) is 6.67. The summed E-state index contributed by atoms with van der Waals surface area (Å²) in [6.07, 6.45) is 3.68. The number of hydrogen-bond donors (Lipinski definition) is 1. The maximum Gasteiger partial charge on any atom is 0.304 e. The lowest BCUT2D eigenvalue weighted by molar-refractivity contribution is -0.137. The molecule has 2 rings (SSSR count). The summed E-state index contributed by atoms with van der Waals surface area (Å²) in [5.74, 6) is -0.698. The first kappa shape index (κ1) is 13.1. The molecule has 0 spiro atoms. The molecule has 1 aromatic rings. The maximum absolute atomic E-state index is 10.6. The molecule has 1 atom stereocenters. The Bertz CT molecular complexity index is 417. The molecule has 1 fully saturated rings. The summed E-state index contributed by atoms with van der Waals surface area (Å²) in [7, 11) is 0. The van der Waals surface area contributed by atoms with E-state index in [2.05, 4.69) is 36.1 Å². The van der Waals surface area contributed by atoms with Crippen LogP contribution in [-0.2, 0) is 11.2 Å². The van der Waals surface area contributed by atoms with E-state index in [0.29, 0.717) is 12.6 Å². The predicted molar refractivity (Wildman–Crippen MR) is 71.7 cm³/mol. The molecular weight excluding hydrogens is 226 g/mol. The standard InChI is InChI=1S/C15H21NO2/c1-12-5-2-3-6-13(12)11-14-7-4-9-16(14)10-8-15(17)18/h2-3,5-6,14H,4,7-11H2,1H3,(H,17,18). The molecule has 3 heteroatoms. The summed E-state index contributed by atoms with van der Waals surface area (Å²) in [6, 6.07) is 8.99. The smallest absolute Gasteiger partial charge is 0.304 e. The zero-order valence-electron chi connectivity index (χ0n) is 10.9. The summed E-state index contributed by atoms with van der Waals surface area (Å²) in [6.45, 7) is 3.88. The van der Waals surface area contributed by atoms with Crippen molar-refractivity contribution in [1.29, 1.82) is 0 Å². The SMILES string of the molecule is Cc1ccccc1CC1CCCN1CCC(=O)O. The first-order chi connectivity index (χ1) is 8.66. The summed E-state index contributed by atoms with van der Waals surface area (Å²) < 4.78 is 0. The molecule has 1 unspecified atom stereocenters. The Morgan fingerprint density at radius 2 is 2.22 bits per heavy atom. The van der Waals surface area contributed by atoms with Gasteiger partial charge in [-0.1, -0.05) is 24.3 Å². The van der Waals surface area contributed by atoms with E-state index in [1.165, 1.54) is 24.0 Å². The first-order valence-corrected chi connectivity index (χ1v) is 6.67. The number of rotatable bonds is 5. The van der Waals surface area contributed by atoms with E-state index < -0.39 is 5.97 Å². The Kier molecular flexibility index (Phi) is 4.37. The molecule has 3 nitrogen and oxygen atoms in total. The Labute approximate surface area is 108 Å². The van der Waals surface area contributed by atoms with Crippen molar-refractivity contribution in [2.75, 3.05) is 13.1 Å². The van der Waals surface area contributed by atoms with E-state index in [9.17, 15) is 4.79 Å². The number of aryl methyl sites for hydroxylation is 1. The van der Waals surface area contributed by atoms with Crippen LogP contribution >= 0.6 is 0 Å². The molecule has 1 N–H and O–H groups in total. The van der Waals surface area contributed by atoms with Crippen molar-refractivity contribution >= 4 is 5.97 Å². The molecular formula is C15H21NO2. The number of hydrogen-bond acceptors (Lipinski definition) is 2. The molecule has 1 aliphatic heterocycles. The van der Waals surface area contributed by atoms with Gasteiger partial charge in [-0.2, -0.15) is 0 Å². The van der Waals surface area contributed by atoms with Crippen LogP contribution in [0, 0.1) is 6.92 Å². The van der Waals surface area contributed by atoms with Crippen molar-refractivity contribution in [3.63, 3.8) is 0 Å². The second-order valence-electron chi connectivity index (χ2n) is 5.11. The number of carbonyl (C=O) groups is 1. The van der Waals surface area contributed by atoms with Gasteiger partial charge in [-0.05, 0) is 43.9 Å². The van der Waals surface area contributed by atoms with Gasteiger partial charge in [-0.3, -0.25) is 9.69 Å². The van der Waals surface area contributed by atoms with E-state index in [-0.39, 0.29) is 6.42 Å². The fraction of sp³-hybridized carbons (Fsp3) is 0.533. The largest absolute Gasteiger partial charge is 0.481 e. The Morgan fingerprint density at radius 1 is 1.44 bits per heavy atom.